The van der Waals surface area contributed by atoms with E-state index in [0.717, 1.165) is 23.6 Å². The van der Waals surface area contributed by atoms with Crippen LogP contribution in [0.5, 0.6) is 0 Å². The van der Waals surface area contributed by atoms with E-state index in [1.165, 1.54) is 4.90 Å². The summed E-state index contributed by atoms with van der Waals surface area (Å²) in [6.07, 6.45) is 0. The first-order valence-corrected chi connectivity index (χ1v) is 7.19. The first kappa shape index (κ1) is 15.3. The summed E-state index contributed by atoms with van der Waals surface area (Å²) in [5.41, 5.74) is 3.27. The summed E-state index contributed by atoms with van der Waals surface area (Å²) >= 11 is 0. The van der Waals surface area contributed by atoms with Gasteiger partial charge in [-0.25, -0.2) is 4.68 Å². The van der Waals surface area contributed by atoms with Crippen LogP contribution >= 0.6 is 0 Å². The molecule has 0 aliphatic carbocycles. The van der Waals surface area contributed by atoms with Crippen molar-refractivity contribution < 1.29 is 9.69 Å². The van der Waals surface area contributed by atoms with Crippen molar-refractivity contribution in [3.05, 3.63) is 47.3 Å². The molecule has 0 radical (unpaired) electrons. The quantitative estimate of drug-likeness (QED) is 0.834. The van der Waals surface area contributed by atoms with E-state index >= 15 is 0 Å². The lowest BCUT2D eigenvalue weighted by molar-refractivity contribution is -0.856. The molecule has 0 spiro atoms. The van der Waals surface area contributed by atoms with Gasteiger partial charge in [0.15, 0.2) is 0 Å². The molecular formula is C16H23N4O+. The first-order chi connectivity index (χ1) is 10.0. The Balaban J connectivity index is 2.22. The average molecular weight is 287 g/mol. The number of amides is 1. The molecule has 0 aliphatic rings. The minimum absolute atomic E-state index is 0.0477. The molecule has 0 atom stereocenters. The Morgan fingerprint density at radius 2 is 1.90 bits per heavy atom. The van der Waals surface area contributed by atoms with Crippen LogP contribution < -0.4 is 10.2 Å². The van der Waals surface area contributed by atoms with Crippen LogP contribution in [0.2, 0.25) is 0 Å². The van der Waals surface area contributed by atoms with Crippen LogP contribution in [0.4, 0.5) is 0 Å². The van der Waals surface area contributed by atoms with E-state index in [0.29, 0.717) is 12.1 Å². The predicted molar refractivity (Wildman–Crippen MR) is 83.0 cm³/mol. The number of carbonyl (C=O) groups excluding carboxylic acids is 1. The molecule has 0 bridgehead atoms. The Hall–Kier alpha value is -2.14. The first-order valence-electron chi connectivity index (χ1n) is 7.19. The molecule has 1 amide bonds. The van der Waals surface area contributed by atoms with Gasteiger partial charge in [-0.1, -0.05) is 18.2 Å². The maximum absolute atomic E-state index is 12.3. The second-order valence-electron chi connectivity index (χ2n) is 5.51. The maximum atomic E-state index is 12.3. The summed E-state index contributed by atoms with van der Waals surface area (Å²) in [7, 11) is 4.13. The smallest absolute Gasteiger partial charge is 0.255 e. The number of carbonyl (C=O) groups is 1. The number of nitrogens with one attached hydrogen (secondary N) is 2. The third kappa shape index (κ3) is 3.49. The number of para-hydroxylation sites is 1. The molecule has 0 fully saturated rings. The summed E-state index contributed by atoms with van der Waals surface area (Å²) in [5, 5.41) is 7.46. The summed E-state index contributed by atoms with van der Waals surface area (Å²) < 4.78 is 1.82. The van der Waals surface area contributed by atoms with Gasteiger partial charge in [0.2, 0.25) is 0 Å². The molecule has 5 nitrogen and oxygen atoms in total. The zero-order valence-electron chi connectivity index (χ0n) is 13.1. The fourth-order valence-corrected chi connectivity index (χ4v) is 2.31. The summed E-state index contributed by atoms with van der Waals surface area (Å²) in [6.45, 7) is 5.37. The highest BCUT2D eigenvalue weighted by molar-refractivity contribution is 5.96. The highest BCUT2D eigenvalue weighted by Gasteiger charge is 2.19. The molecule has 0 unspecified atom stereocenters. The predicted octanol–water partition coefficient (Wildman–Crippen LogP) is 0.363. The third-order valence-electron chi connectivity index (χ3n) is 3.43. The van der Waals surface area contributed by atoms with Crippen molar-refractivity contribution in [3.8, 4) is 5.69 Å². The lowest BCUT2D eigenvalue weighted by atomic mass is 10.2. The number of likely N-dealkylation sites (N-methyl/N-ethyl adjacent to an activating group) is 1. The van der Waals surface area contributed by atoms with E-state index in [1.807, 2.05) is 48.9 Å². The molecule has 112 valence electrons. The molecular weight excluding hydrogens is 264 g/mol. The molecule has 1 aromatic carbocycles. The topological polar surface area (TPSA) is 51.4 Å². The zero-order valence-corrected chi connectivity index (χ0v) is 13.1. The third-order valence-corrected chi connectivity index (χ3v) is 3.43. The van der Waals surface area contributed by atoms with Gasteiger partial charge in [-0.2, -0.15) is 5.10 Å². The van der Waals surface area contributed by atoms with Crippen molar-refractivity contribution in [2.75, 3.05) is 27.2 Å². The summed E-state index contributed by atoms with van der Waals surface area (Å²) in [6, 6.07) is 9.86. The van der Waals surface area contributed by atoms with Gasteiger partial charge >= 0.3 is 0 Å². The van der Waals surface area contributed by atoms with Crippen molar-refractivity contribution in [2.24, 2.45) is 0 Å². The standard InChI is InChI=1S/C16H22N4O/c1-12-15(16(21)17-10-11-19(3)4)13(2)20(18-12)14-8-6-5-7-9-14/h5-9H,10-11H2,1-4H3,(H,17,21)/p+1. The molecule has 1 aromatic heterocycles. The molecule has 2 aromatic rings. The molecule has 0 saturated heterocycles. The summed E-state index contributed by atoms with van der Waals surface area (Å²) in [5.74, 6) is -0.0477. The van der Waals surface area contributed by atoms with Crippen LogP contribution in [0.1, 0.15) is 21.7 Å². The van der Waals surface area contributed by atoms with Gasteiger partial charge in [-0.15, -0.1) is 0 Å². The lowest BCUT2D eigenvalue weighted by Gasteiger charge is -2.09. The second kappa shape index (κ2) is 6.54. The van der Waals surface area contributed by atoms with Gasteiger partial charge in [-0.05, 0) is 26.0 Å². The largest absolute Gasteiger partial charge is 0.346 e. The minimum atomic E-state index is -0.0477. The van der Waals surface area contributed by atoms with E-state index in [4.69, 9.17) is 0 Å². The van der Waals surface area contributed by atoms with Crippen LogP contribution in [0, 0.1) is 13.8 Å². The lowest BCUT2D eigenvalue weighted by Crippen LogP contribution is -3.06. The number of nitrogens with zero attached hydrogens (tertiary/aromatic N) is 2. The number of aromatic nitrogens is 2. The van der Waals surface area contributed by atoms with Crippen LogP contribution in [0.3, 0.4) is 0 Å². The molecule has 1 heterocycles. The Morgan fingerprint density at radius 1 is 1.24 bits per heavy atom. The number of hydrogen-bond donors (Lipinski definition) is 2. The van der Waals surface area contributed by atoms with Crippen molar-refractivity contribution in [2.45, 2.75) is 13.8 Å². The van der Waals surface area contributed by atoms with Gasteiger partial charge in [0, 0.05) is 0 Å². The summed E-state index contributed by atoms with van der Waals surface area (Å²) in [4.78, 5) is 13.6. The van der Waals surface area contributed by atoms with E-state index < -0.39 is 0 Å². The Bertz CT molecular complexity index is 617. The molecule has 2 N–H and O–H groups in total. The number of rotatable bonds is 5. The average Bonchev–Trinajstić information content (AvgIpc) is 2.74. The van der Waals surface area contributed by atoms with Gasteiger partial charge < -0.3 is 10.2 Å². The van der Waals surface area contributed by atoms with Crippen molar-refractivity contribution in [1.29, 1.82) is 0 Å². The number of aryl methyl sites for hydroxylation is 1. The van der Waals surface area contributed by atoms with Crippen molar-refractivity contribution in [3.63, 3.8) is 0 Å². The van der Waals surface area contributed by atoms with E-state index in [1.54, 1.807) is 0 Å². The van der Waals surface area contributed by atoms with Crippen LogP contribution in [-0.4, -0.2) is 42.9 Å². The van der Waals surface area contributed by atoms with Crippen LogP contribution in [0.15, 0.2) is 30.3 Å². The SMILES string of the molecule is Cc1nn(-c2ccccc2)c(C)c1C(=O)NCC[NH+](C)C. The molecule has 0 saturated carbocycles. The van der Waals surface area contributed by atoms with Crippen molar-refractivity contribution in [1.82, 2.24) is 15.1 Å². The number of hydrogen-bond acceptors (Lipinski definition) is 2. The fraction of sp³-hybridized carbons (Fsp3) is 0.375. The maximum Gasteiger partial charge on any atom is 0.255 e. The zero-order chi connectivity index (χ0) is 15.4. The van der Waals surface area contributed by atoms with Gasteiger partial charge in [0.1, 0.15) is 0 Å². The van der Waals surface area contributed by atoms with Gasteiger partial charge in [0.05, 0.1) is 49.8 Å². The van der Waals surface area contributed by atoms with E-state index in [2.05, 4.69) is 24.5 Å². The van der Waals surface area contributed by atoms with E-state index in [9.17, 15) is 4.79 Å². The van der Waals surface area contributed by atoms with Crippen LogP contribution in [-0.2, 0) is 0 Å². The molecule has 21 heavy (non-hydrogen) atoms. The monoisotopic (exact) mass is 287 g/mol. The number of quaternary nitrogens is 1. The highest BCUT2D eigenvalue weighted by Crippen LogP contribution is 2.17. The second-order valence-corrected chi connectivity index (χ2v) is 5.51. The minimum Gasteiger partial charge on any atom is -0.346 e. The van der Waals surface area contributed by atoms with E-state index in [-0.39, 0.29) is 5.91 Å². The highest BCUT2D eigenvalue weighted by atomic mass is 16.1. The Labute approximate surface area is 125 Å². The Kier molecular flexibility index (Phi) is 4.75. The van der Waals surface area contributed by atoms with Gasteiger partial charge in [0.25, 0.3) is 5.91 Å². The number of benzene rings is 1. The molecule has 5 heteroatoms. The van der Waals surface area contributed by atoms with Gasteiger partial charge in [-0.3, -0.25) is 4.79 Å². The molecule has 2 rings (SSSR count). The van der Waals surface area contributed by atoms with Crippen LogP contribution in [0.25, 0.3) is 5.69 Å². The molecule has 0 aliphatic heterocycles. The normalized spacial score (nSPS) is 10.9. The fourth-order valence-electron chi connectivity index (χ4n) is 2.31. The van der Waals surface area contributed by atoms with Crippen molar-refractivity contribution >= 4 is 5.91 Å². The Morgan fingerprint density at radius 3 is 2.52 bits per heavy atom.